The summed E-state index contributed by atoms with van der Waals surface area (Å²) in [4.78, 5) is 11.8. The van der Waals surface area contributed by atoms with Gasteiger partial charge in [-0.25, -0.2) is 5.10 Å². The van der Waals surface area contributed by atoms with Gasteiger partial charge in [-0.05, 0) is 25.1 Å². The molecule has 1 heterocycles. The Morgan fingerprint density at radius 1 is 1.10 bits per heavy atom. The van der Waals surface area contributed by atoms with E-state index in [1.807, 2.05) is 49.4 Å². The Kier molecular flexibility index (Phi) is 3.21. The fourth-order valence-electron chi connectivity index (χ4n) is 2.23. The van der Waals surface area contributed by atoms with Gasteiger partial charge in [-0.2, -0.15) is 5.10 Å². The summed E-state index contributed by atoms with van der Waals surface area (Å²) in [5.74, 6) is 0.794. The van der Waals surface area contributed by atoms with Crippen molar-refractivity contribution in [2.75, 3.05) is 6.61 Å². The molecule has 3 aromatic rings. The molecule has 0 saturated heterocycles. The number of hydrogen-bond acceptors (Lipinski definition) is 3. The second-order valence-electron chi connectivity index (χ2n) is 4.41. The van der Waals surface area contributed by atoms with Crippen LogP contribution in [-0.2, 0) is 0 Å². The fourth-order valence-corrected chi connectivity index (χ4v) is 2.23. The van der Waals surface area contributed by atoms with Crippen LogP contribution in [0.2, 0.25) is 0 Å². The van der Waals surface area contributed by atoms with Crippen LogP contribution in [0.5, 0.6) is 5.75 Å². The summed E-state index contributed by atoms with van der Waals surface area (Å²) in [5.41, 5.74) is 1.50. The summed E-state index contributed by atoms with van der Waals surface area (Å²) in [6.07, 6.45) is 0. The predicted molar refractivity (Wildman–Crippen MR) is 79.0 cm³/mol. The Morgan fingerprint density at radius 2 is 1.90 bits per heavy atom. The molecule has 1 N–H and O–H groups in total. The molecule has 20 heavy (non-hydrogen) atoms. The maximum Gasteiger partial charge on any atom is 0.272 e. The molecular formula is C16H14N2O2. The van der Waals surface area contributed by atoms with Gasteiger partial charge in [0.25, 0.3) is 5.56 Å². The third-order valence-corrected chi connectivity index (χ3v) is 3.11. The van der Waals surface area contributed by atoms with E-state index in [1.54, 1.807) is 6.07 Å². The fraction of sp³-hybridized carbons (Fsp3) is 0.125. The normalized spacial score (nSPS) is 10.7. The van der Waals surface area contributed by atoms with Crippen LogP contribution in [0.25, 0.3) is 22.0 Å². The van der Waals surface area contributed by atoms with Crippen LogP contribution in [-0.4, -0.2) is 16.8 Å². The maximum absolute atomic E-state index is 11.8. The molecule has 3 rings (SSSR count). The van der Waals surface area contributed by atoms with Crippen LogP contribution in [0, 0.1) is 0 Å². The molecule has 0 saturated carbocycles. The number of nitrogens with one attached hydrogen (secondary N) is 1. The molecule has 0 fully saturated rings. The van der Waals surface area contributed by atoms with Gasteiger partial charge in [-0.15, -0.1) is 0 Å². The molecule has 0 atom stereocenters. The third-order valence-electron chi connectivity index (χ3n) is 3.11. The van der Waals surface area contributed by atoms with E-state index >= 15 is 0 Å². The van der Waals surface area contributed by atoms with Crippen molar-refractivity contribution in [1.29, 1.82) is 0 Å². The quantitative estimate of drug-likeness (QED) is 0.793. The highest BCUT2D eigenvalue weighted by Crippen LogP contribution is 2.26. The molecule has 0 bridgehead atoms. The smallest absolute Gasteiger partial charge is 0.272 e. The molecule has 0 aliphatic heterocycles. The molecular weight excluding hydrogens is 252 g/mol. The van der Waals surface area contributed by atoms with Crippen LogP contribution in [0.1, 0.15) is 6.92 Å². The summed E-state index contributed by atoms with van der Waals surface area (Å²) < 4.78 is 5.50. The zero-order valence-electron chi connectivity index (χ0n) is 11.1. The molecule has 0 aliphatic rings. The molecule has 0 aliphatic carbocycles. The van der Waals surface area contributed by atoms with Crippen LogP contribution in [0.15, 0.2) is 53.3 Å². The molecule has 2 aromatic carbocycles. The first kappa shape index (κ1) is 12.4. The van der Waals surface area contributed by atoms with Crippen molar-refractivity contribution in [3.8, 4) is 17.0 Å². The lowest BCUT2D eigenvalue weighted by atomic mass is 10.1. The van der Waals surface area contributed by atoms with Gasteiger partial charge >= 0.3 is 0 Å². The highest BCUT2D eigenvalue weighted by atomic mass is 16.5. The number of aromatic nitrogens is 2. The van der Waals surface area contributed by atoms with E-state index in [-0.39, 0.29) is 5.56 Å². The number of ether oxygens (including phenoxy) is 1. The van der Waals surface area contributed by atoms with Crippen molar-refractivity contribution in [3.63, 3.8) is 0 Å². The average Bonchev–Trinajstić information content (AvgIpc) is 2.49. The number of aromatic amines is 1. The zero-order valence-corrected chi connectivity index (χ0v) is 11.1. The lowest BCUT2D eigenvalue weighted by Gasteiger charge is -2.07. The minimum atomic E-state index is -0.176. The molecule has 4 heteroatoms. The Hall–Kier alpha value is -2.62. The molecule has 0 unspecified atom stereocenters. The highest BCUT2D eigenvalue weighted by molar-refractivity contribution is 5.93. The number of nitrogens with zero attached hydrogens (tertiary/aromatic N) is 1. The van der Waals surface area contributed by atoms with E-state index in [0.29, 0.717) is 12.0 Å². The highest BCUT2D eigenvalue weighted by Gasteiger charge is 2.08. The summed E-state index contributed by atoms with van der Waals surface area (Å²) in [6, 6.07) is 15.2. The van der Waals surface area contributed by atoms with Gasteiger partial charge in [0.1, 0.15) is 5.75 Å². The van der Waals surface area contributed by atoms with Crippen LogP contribution < -0.4 is 10.3 Å². The first-order chi connectivity index (χ1) is 9.79. The van der Waals surface area contributed by atoms with Gasteiger partial charge < -0.3 is 4.74 Å². The minimum Gasteiger partial charge on any atom is -0.494 e. The number of hydrogen-bond donors (Lipinski definition) is 1. The van der Waals surface area contributed by atoms with Crippen molar-refractivity contribution in [3.05, 3.63) is 58.9 Å². The Labute approximate surface area is 116 Å². The number of benzene rings is 2. The van der Waals surface area contributed by atoms with E-state index in [4.69, 9.17) is 4.74 Å². The summed E-state index contributed by atoms with van der Waals surface area (Å²) in [5, 5.41) is 8.21. The predicted octanol–water partition coefficient (Wildman–Crippen LogP) is 2.99. The van der Waals surface area contributed by atoms with Crippen molar-refractivity contribution in [2.24, 2.45) is 0 Å². The average molecular weight is 266 g/mol. The van der Waals surface area contributed by atoms with Crippen LogP contribution >= 0.6 is 0 Å². The van der Waals surface area contributed by atoms with Gasteiger partial charge in [0, 0.05) is 10.9 Å². The lowest BCUT2D eigenvalue weighted by molar-refractivity contribution is 0.340. The van der Waals surface area contributed by atoms with Gasteiger partial charge in [0.15, 0.2) is 0 Å². The molecule has 100 valence electrons. The minimum absolute atomic E-state index is 0.176. The topological polar surface area (TPSA) is 55.0 Å². The first-order valence-electron chi connectivity index (χ1n) is 6.50. The SMILES string of the molecule is CCOc1cccc(-c2n[nH]c(=O)c3ccccc23)c1. The van der Waals surface area contributed by atoms with E-state index in [0.717, 1.165) is 22.4 Å². The third kappa shape index (κ3) is 2.16. The van der Waals surface area contributed by atoms with Crippen molar-refractivity contribution in [1.82, 2.24) is 10.2 Å². The zero-order chi connectivity index (χ0) is 13.9. The number of rotatable bonds is 3. The van der Waals surface area contributed by atoms with Crippen LogP contribution in [0.4, 0.5) is 0 Å². The van der Waals surface area contributed by atoms with E-state index < -0.39 is 0 Å². The van der Waals surface area contributed by atoms with Crippen molar-refractivity contribution < 1.29 is 4.74 Å². The molecule has 0 radical (unpaired) electrons. The summed E-state index contributed by atoms with van der Waals surface area (Å²) in [6.45, 7) is 2.56. The van der Waals surface area contributed by atoms with Gasteiger partial charge in [-0.1, -0.05) is 30.3 Å². The van der Waals surface area contributed by atoms with E-state index in [2.05, 4.69) is 10.2 Å². The largest absolute Gasteiger partial charge is 0.494 e. The standard InChI is InChI=1S/C16H14N2O2/c1-2-20-12-7-5-6-11(10-12)15-13-8-3-4-9-14(13)16(19)18-17-15/h3-10H,2H2,1H3,(H,18,19). The lowest BCUT2D eigenvalue weighted by Crippen LogP contribution is -2.09. The van der Waals surface area contributed by atoms with Crippen molar-refractivity contribution >= 4 is 10.8 Å². The number of fused-ring (bicyclic) bond motifs is 1. The van der Waals surface area contributed by atoms with Gasteiger partial charge in [0.05, 0.1) is 17.7 Å². The number of H-pyrrole nitrogens is 1. The van der Waals surface area contributed by atoms with E-state index in [1.165, 1.54) is 0 Å². The summed E-state index contributed by atoms with van der Waals surface area (Å²) >= 11 is 0. The monoisotopic (exact) mass is 266 g/mol. The van der Waals surface area contributed by atoms with Crippen molar-refractivity contribution in [2.45, 2.75) is 6.92 Å². The van der Waals surface area contributed by atoms with Crippen LogP contribution in [0.3, 0.4) is 0 Å². The summed E-state index contributed by atoms with van der Waals surface area (Å²) in [7, 11) is 0. The van der Waals surface area contributed by atoms with E-state index in [9.17, 15) is 4.79 Å². The second kappa shape index (κ2) is 5.17. The molecule has 4 nitrogen and oxygen atoms in total. The first-order valence-corrected chi connectivity index (χ1v) is 6.50. The molecule has 0 amide bonds. The Morgan fingerprint density at radius 3 is 2.70 bits per heavy atom. The van der Waals surface area contributed by atoms with Gasteiger partial charge in [-0.3, -0.25) is 4.79 Å². The Balaban J connectivity index is 2.22. The second-order valence-corrected chi connectivity index (χ2v) is 4.41. The Bertz CT molecular complexity index is 809. The maximum atomic E-state index is 11.8. The van der Waals surface area contributed by atoms with Gasteiger partial charge in [0.2, 0.25) is 0 Å². The molecule has 1 aromatic heterocycles. The molecule has 0 spiro atoms.